The van der Waals surface area contributed by atoms with E-state index in [9.17, 15) is 4.79 Å². The lowest BCUT2D eigenvalue weighted by Gasteiger charge is -2.11. The van der Waals surface area contributed by atoms with Crippen LogP contribution in [0.15, 0.2) is 36.4 Å². The average molecular weight is 295 g/mol. The lowest BCUT2D eigenvalue weighted by molar-refractivity contribution is 0.101. The van der Waals surface area contributed by atoms with E-state index in [0.717, 1.165) is 5.69 Å². The molecule has 0 fully saturated rings. The van der Waals surface area contributed by atoms with E-state index in [4.69, 9.17) is 28.9 Å². The van der Waals surface area contributed by atoms with E-state index in [1.54, 1.807) is 30.3 Å². The standard InChI is InChI=1S/C14H12Cl2N2O/c1-8(19)10-6-5-9(7-12(10)17)18-13-4-2-3-11(15)14(13)16/h2-7,18H,17H2,1H3. The molecule has 0 saturated heterocycles. The third kappa shape index (κ3) is 3.00. The van der Waals surface area contributed by atoms with Gasteiger partial charge in [-0.15, -0.1) is 0 Å². The number of halogens is 2. The lowest BCUT2D eigenvalue weighted by Crippen LogP contribution is -2.01. The summed E-state index contributed by atoms with van der Waals surface area (Å²) in [5.41, 5.74) is 8.18. The van der Waals surface area contributed by atoms with Crippen LogP contribution in [0.3, 0.4) is 0 Å². The van der Waals surface area contributed by atoms with Gasteiger partial charge in [-0.2, -0.15) is 0 Å². The van der Waals surface area contributed by atoms with Crippen molar-refractivity contribution in [1.82, 2.24) is 0 Å². The zero-order valence-corrected chi connectivity index (χ0v) is 11.7. The first-order valence-electron chi connectivity index (χ1n) is 5.60. The van der Waals surface area contributed by atoms with Gasteiger partial charge in [-0.3, -0.25) is 4.79 Å². The third-order valence-corrected chi connectivity index (χ3v) is 3.48. The molecule has 0 aliphatic rings. The molecule has 0 unspecified atom stereocenters. The van der Waals surface area contributed by atoms with Crippen LogP contribution in [0.25, 0.3) is 0 Å². The number of ketones is 1. The number of nitrogens with one attached hydrogen (secondary N) is 1. The second kappa shape index (κ2) is 5.51. The van der Waals surface area contributed by atoms with Gasteiger partial charge in [0.25, 0.3) is 0 Å². The van der Waals surface area contributed by atoms with Gasteiger partial charge in [-0.25, -0.2) is 0 Å². The maximum Gasteiger partial charge on any atom is 0.161 e. The molecule has 2 aromatic rings. The number of anilines is 3. The first-order chi connectivity index (χ1) is 8.99. The molecule has 0 heterocycles. The van der Waals surface area contributed by atoms with Gasteiger partial charge in [0.05, 0.1) is 15.7 Å². The number of nitrogen functional groups attached to an aromatic ring is 1. The minimum Gasteiger partial charge on any atom is -0.398 e. The van der Waals surface area contributed by atoms with E-state index in [-0.39, 0.29) is 5.78 Å². The first kappa shape index (κ1) is 13.7. The van der Waals surface area contributed by atoms with Crippen molar-refractivity contribution in [3.05, 3.63) is 52.0 Å². The highest BCUT2D eigenvalue weighted by atomic mass is 35.5. The number of nitrogens with two attached hydrogens (primary N) is 1. The Kier molecular flexibility index (Phi) is 3.98. The Labute approximate surface area is 121 Å². The molecule has 0 radical (unpaired) electrons. The Bertz CT molecular complexity index is 641. The highest BCUT2D eigenvalue weighted by molar-refractivity contribution is 6.43. The summed E-state index contributed by atoms with van der Waals surface area (Å²) in [4.78, 5) is 11.3. The number of carbonyl (C=O) groups excluding carboxylic acids is 1. The van der Waals surface area contributed by atoms with Gasteiger partial charge in [-0.05, 0) is 37.3 Å². The van der Waals surface area contributed by atoms with E-state index in [2.05, 4.69) is 5.32 Å². The van der Waals surface area contributed by atoms with Gasteiger partial charge in [0.2, 0.25) is 0 Å². The van der Waals surface area contributed by atoms with Gasteiger partial charge in [-0.1, -0.05) is 29.3 Å². The van der Waals surface area contributed by atoms with Gasteiger partial charge < -0.3 is 11.1 Å². The molecule has 0 aliphatic carbocycles. The van der Waals surface area contributed by atoms with Gasteiger partial charge in [0.1, 0.15) is 0 Å². The fourth-order valence-corrected chi connectivity index (χ4v) is 2.06. The Balaban J connectivity index is 2.32. The summed E-state index contributed by atoms with van der Waals surface area (Å²) in [6.45, 7) is 1.48. The number of Topliss-reactive ketones (excluding diaryl/α,β-unsaturated/α-hetero) is 1. The van der Waals surface area contributed by atoms with Crippen molar-refractivity contribution in [1.29, 1.82) is 0 Å². The molecule has 0 aliphatic heterocycles. The second-order valence-corrected chi connectivity index (χ2v) is 4.87. The van der Waals surface area contributed by atoms with E-state index >= 15 is 0 Å². The molecule has 0 bridgehead atoms. The van der Waals surface area contributed by atoms with Crippen LogP contribution < -0.4 is 11.1 Å². The maximum absolute atomic E-state index is 11.3. The van der Waals surface area contributed by atoms with Crippen LogP contribution in [0.1, 0.15) is 17.3 Å². The number of hydrogen-bond acceptors (Lipinski definition) is 3. The molecule has 0 aromatic heterocycles. The molecule has 98 valence electrons. The molecule has 2 rings (SSSR count). The molecule has 2 aromatic carbocycles. The smallest absolute Gasteiger partial charge is 0.161 e. The quantitative estimate of drug-likeness (QED) is 0.646. The van der Waals surface area contributed by atoms with Crippen molar-refractivity contribution in [3.63, 3.8) is 0 Å². The Morgan fingerprint density at radius 1 is 1.21 bits per heavy atom. The van der Waals surface area contributed by atoms with E-state index in [0.29, 0.717) is 27.0 Å². The third-order valence-electron chi connectivity index (χ3n) is 2.66. The average Bonchev–Trinajstić information content (AvgIpc) is 2.34. The molecule has 3 N–H and O–H groups in total. The summed E-state index contributed by atoms with van der Waals surface area (Å²) in [5.74, 6) is -0.0650. The minimum atomic E-state index is -0.0650. The first-order valence-corrected chi connectivity index (χ1v) is 6.36. The molecule has 5 heteroatoms. The fourth-order valence-electron chi connectivity index (χ4n) is 1.72. The van der Waals surface area contributed by atoms with Gasteiger partial charge >= 0.3 is 0 Å². The Morgan fingerprint density at radius 2 is 1.95 bits per heavy atom. The summed E-state index contributed by atoms with van der Waals surface area (Å²) >= 11 is 12.0. The van der Waals surface area contributed by atoms with Crippen molar-refractivity contribution >= 4 is 46.0 Å². The van der Waals surface area contributed by atoms with Crippen LogP contribution >= 0.6 is 23.2 Å². The molecular weight excluding hydrogens is 283 g/mol. The van der Waals surface area contributed by atoms with Gasteiger partial charge in [0.15, 0.2) is 5.78 Å². The van der Waals surface area contributed by atoms with Crippen LogP contribution in [-0.4, -0.2) is 5.78 Å². The summed E-state index contributed by atoms with van der Waals surface area (Å²) in [6.07, 6.45) is 0. The predicted molar refractivity (Wildman–Crippen MR) is 80.6 cm³/mol. The number of rotatable bonds is 3. The Hall–Kier alpha value is -1.71. The van der Waals surface area contributed by atoms with Crippen LogP contribution in [0.2, 0.25) is 10.0 Å². The van der Waals surface area contributed by atoms with Gasteiger partial charge in [0, 0.05) is 16.9 Å². The molecule has 19 heavy (non-hydrogen) atoms. The highest BCUT2D eigenvalue weighted by Crippen LogP contribution is 2.32. The summed E-state index contributed by atoms with van der Waals surface area (Å²) < 4.78 is 0. The van der Waals surface area contributed by atoms with Crippen molar-refractivity contribution in [2.45, 2.75) is 6.92 Å². The molecule has 0 saturated carbocycles. The molecule has 0 spiro atoms. The SMILES string of the molecule is CC(=O)c1ccc(Nc2cccc(Cl)c2Cl)cc1N. The van der Waals surface area contributed by atoms with Crippen molar-refractivity contribution in [3.8, 4) is 0 Å². The number of carbonyl (C=O) groups is 1. The van der Waals surface area contributed by atoms with E-state index in [1.807, 2.05) is 6.07 Å². The maximum atomic E-state index is 11.3. The van der Waals surface area contributed by atoms with E-state index in [1.165, 1.54) is 6.92 Å². The molecular formula is C14H12Cl2N2O. The number of benzene rings is 2. The summed E-state index contributed by atoms with van der Waals surface area (Å²) in [7, 11) is 0. The second-order valence-electron chi connectivity index (χ2n) is 4.08. The summed E-state index contributed by atoms with van der Waals surface area (Å²) in [5, 5.41) is 4.03. The monoisotopic (exact) mass is 294 g/mol. The van der Waals surface area contributed by atoms with Crippen LogP contribution in [0, 0.1) is 0 Å². The van der Waals surface area contributed by atoms with Crippen molar-refractivity contribution in [2.75, 3.05) is 11.1 Å². The van der Waals surface area contributed by atoms with Crippen LogP contribution in [0.5, 0.6) is 0 Å². The van der Waals surface area contributed by atoms with E-state index < -0.39 is 0 Å². The zero-order chi connectivity index (χ0) is 14.0. The molecule has 0 amide bonds. The van der Waals surface area contributed by atoms with Crippen LogP contribution in [0.4, 0.5) is 17.1 Å². The summed E-state index contributed by atoms with van der Waals surface area (Å²) in [6, 6.07) is 10.5. The van der Waals surface area contributed by atoms with Crippen molar-refractivity contribution < 1.29 is 4.79 Å². The predicted octanol–water partition coefficient (Wildman–Crippen LogP) is 4.52. The van der Waals surface area contributed by atoms with Crippen molar-refractivity contribution in [2.24, 2.45) is 0 Å². The zero-order valence-electron chi connectivity index (χ0n) is 10.2. The lowest BCUT2D eigenvalue weighted by atomic mass is 10.1. The van der Waals surface area contributed by atoms with Crippen LogP contribution in [-0.2, 0) is 0 Å². The molecule has 0 atom stereocenters. The highest BCUT2D eigenvalue weighted by Gasteiger charge is 2.07. The molecule has 3 nitrogen and oxygen atoms in total. The minimum absolute atomic E-state index is 0.0650. The largest absolute Gasteiger partial charge is 0.398 e. The topological polar surface area (TPSA) is 55.1 Å². The normalized spacial score (nSPS) is 10.3. The Morgan fingerprint density at radius 3 is 2.58 bits per heavy atom. The fraction of sp³-hybridized carbons (Fsp3) is 0.0714. The number of hydrogen-bond donors (Lipinski definition) is 2.